The third kappa shape index (κ3) is 6.62. The molecule has 0 saturated heterocycles. The molecule has 10 heteroatoms. The van der Waals surface area contributed by atoms with Crippen molar-refractivity contribution in [2.24, 2.45) is 5.10 Å². The molecule has 0 aliphatic heterocycles. The van der Waals surface area contributed by atoms with Gasteiger partial charge in [-0.15, -0.1) is 10.2 Å². The number of thioether (sulfide) groups is 1. The molecule has 0 unspecified atom stereocenters. The standard InChI is InChI=1S/C27H25N5O4S/c1-18(20-9-15-24(16-10-20)36-19(2)33)28-29-25(34)17-37-27-31-30-26(21-11-13-23(35-3)14-12-21)32(27)22-7-5-4-6-8-22/h4-16H,17H2,1-3H3,(H,29,34). The Morgan fingerprint density at radius 2 is 1.59 bits per heavy atom. The van der Waals surface area contributed by atoms with E-state index in [9.17, 15) is 9.59 Å². The molecule has 3 aromatic carbocycles. The van der Waals surface area contributed by atoms with Crippen LogP contribution in [-0.2, 0) is 9.59 Å². The average molecular weight is 516 g/mol. The SMILES string of the molecule is COc1ccc(-c2nnc(SCC(=O)NN=C(C)c3ccc(OC(C)=O)cc3)n2-c2ccccc2)cc1. The minimum absolute atomic E-state index is 0.0930. The van der Waals surface area contributed by atoms with Gasteiger partial charge in [-0.2, -0.15) is 5.10 Å². The smallest absolute Gasteiger partial charge is 0.308 e. The fraction of sp³-hybridized carbons (Fsp3) is 0.148. The first-order valence-corrected chi connectivity index (χ1v) is 12.3. The molecule has 0 spiro atoms. The lowest BCUT2D eigenvalue weighted by Crippen LogP contribution is -2.21. The highest BCUT2D eigenvalue weighted by Gasteiger charge is 2.17. The van der Waals surface area contributed by atoms with E-state index < -0.39 is 0 Å². The molecule has 1 aromatic heterocycles. The summed E-state index contributed by atoms with van der Waals surface area (Å²) in [5.41, 5.74) is 5.73. The van der Waals surface area contributed by atoms with Crippen molar-refractivity contribution in [3.8, 4) is 28.6 Å². The van der Waals surface area contributed by atoms with Crippen LogP contribution in [0, 0.1) is 0 Å². The van der Waals surface area contributed by atoms with Crippen LogP contribution >= 0.6 is 11.8 Å². The highest BCUT2D eigenvalue weighted by atomic mass is 32.2. The van der Waals surface area contributed by atoms with Gasteiger partial charge in [0, 0.05) is 18.2 Å². The van der Waals surface area contributed by atoms with Crippen molar-refractivity contribution in [1.82, 2.24) is 20.2 Å². The molecule has 0 radical (unpaired) electrons. The second-order valence-electron chi connectivity index (χ2n) is 7.84. The van der Waals surface area contributed by atoms with Gasteiger partial charge in [-0.25, -0.2) is 5.43 Å². The topological polar surface area (TPSA) is 108 Å². The summed E-state index contributed by atoms with van der Waals surface area (Å²) < 4.78 is 12.2. The Morgan fingerprint density at radius 1 is 0.919 bits per heavy atom. The maximum Gasteiger partial charge on any atom is 0.308 e. The van der Waals surface area contributed by atoms with E-state index in [0.717, 1.165) is 22.6 Å². The van der Waals surface area contributed by atoms with E-state index in [2.05, 4.69) is 20.7 Å². The van der Waals surface area contributed by atoms with Gasteiger partial charge in [0.15, 0.2) is 11.0 Å². The largest absolute Gasteiger partial charge is 0.497 e. The van der Waals surface area contributed by atoms with Crippen LogP contribution in [0.1, 0.15) is 19.4 Å². The number of hydrazone groups is 1. The molecule has 188 valence electrons. The Hall–Kier alpha value is -4.44. The van der Waals surface area contributed by atoms with E-state index in [-0.39, 0.29) is 17.6 Å². The summed E-state index contributed by atoms with van der Waals surface area (Å²) in [5.74, 6) is 1.27. The highest BCUT2D eigenvalue weighted by Crippen LogP contribution is 2.29. The molecule has 4 rings (SSSR count). The Bertz CT molecular complexity index is 1400. The fourth-order valence-electron chi connectivity index (χ4n) is 3.40. The van der Waals surface area contributed by atoms with E-state index in [4.69, 9.17) is 9.47 Å². The molecule has 0 atom stereocenters. The van der Waals surface area contributed by atoms with Crippen molar-refractivity contribution in [1.29, 1.82) is 0 Å². The summed E-state index contributed by atoms with van der Waals surface area (Å²) in [7, 11) is 1.62. The third-order valence-corrected chi connectivity index (χ3v) is 6.14. The number of carbonyl (C=O) groups is 2. The number of nitrogens with zero attached hydrogens (tertiary/aromatic N) is 4. The summed E-state index contributed by atoms with van der Waals surface area (Å²) in [6.45, 7) is 3.12. The number of hydrogen-bond acceptors (Lipinski definition) is 8. The zero-order valence-corrected chi connectivity index (χ0v) is 21.4. The first-order chi connectivity index (χ1) is 17.9. The number of methoxy groups -OCH3 is 1. The van der Waals surface area contributed by atoms with Crippen LogP contribution in [0.15, 0.2) is 89.1 Å². The van der Waals surface area contributed by atoms with Gasteiger partial charge in [-0.05, 0) is 73.2 Å². The average Bonchev–Trinajstić information content (AvgIpc) is 3.35. The molecule has 0 aliphatic carbocycles. The maximum absolute atomic E-state index is 12.6. The van der Waals surface area contributed by atoms with Crippen molar-refractivity contribution in [3.63, 3.8) is 0 Å². The molecule has 1 amide bonds. The van der Waals surface area contributed by atoms with Gasteiger partial charge < -0.3 is 9.47 Å². The fourth-order valence-corrected chi connectivity index (χ4v) is 4.15. The predicted molar refractivity (Wildman–Crippen MR) is 142 cm³/mol. The van der Waals surface area contributed by atoms with E-state index in [1.54, 1.807) is 38.3 Å². The zero-order valence-electron chi connectivity index (χ0n) is 20.5. The van der Waals surface area contributed by atoms with Crippen molar-refractivity contribution < 1.29 is 19.1 Å². The van der Waals surface area contributed by atoms with Crippen LogP contribution in [0.2, 0.25) is 0 Å². The van der Waals surface area contributed by atoms with Crippen molar-refractivity contribution >= 4 is 29.4 Å². The lowest BCUT2D eigenvalue weighted by molar-refractivity contribution is -0.131. The molecular formula is C27H25N5O4S. The number of rotatable bonds is 9. The number of benzene rings is 3. The molecule has 4 aromatic rings. The zero-order chi connectivity index (χ0) is 26.2. The van der Waals surface area contributed by atoms with Gasteiger partial charge >= 0.3 is 5.97 Å². The van der Waals surface area contributed by atoms with Gasteiger partial charge in [-0.1, -0.05) is 30.0 Å². The molecule has 0 saturated carbocycles. The number of amides is 1. The maximum atomic E-state index is 12.6. The molecule has 0 bridgehead atoms. The second kappa shape index (κ2) is 12.0. The van der Waals surface area contributed by atoms with Crippen LogP contribution in [0.25, 0.3) is 17.1 Å². The molecule has 1 heterocycles. The molecule has 37 heavy (non-hydrogen) atoms. The van der Waals surface area contributed by atoms with Crippen molar-refractivity contribution in [3.05, 3.63) is 84.4 Å². The Kier molecular flexibility index (Phi) is 8.32. The predicted octanol–water partition coefficient (Wildman–Crippen LogP) is 4.50. The van der Waals surface area contributed by atoms with Gasteiger partial charge in [0.1, 0.15) is 11.5 Å². The van der Waals surface area contributed by atoms with Crippen molar-refractivity contribution in [2.45, 2.75) is 19.0 Å². The minimum Gasteiger partial charge on any atom is -0.497 e. The third-order valence-electron chi connectivity index (χ3n) is 5.21. The van der Waals surface area contributed by atoms with Gasteiger partial charge in [-0.3, -0.25) is 14.2 Å². The van der Waals surface area contributed by atoms with Crippen LogP contribution in [-0.4, -0.2) is 45.2 Å². The Labute approximate surface area is 218 Å². The van der Waals surface area contributed by atoms with Crippen LogP contribution in [0.4, 0.5) is 0 Å². The number of para-hydroxylation sites is 1. The monoisotopic (exact) mass is 515 g/mol. The summed E-state index contributed by atoms with van der Waals surface area (Å²) >= 11 is 1.26. The summed E-state index contributed by atoms with van der Waals surface area (Å²) in [6.07, 6.45) is 0. The lowest BCUT2D eigenvalue weighted by atomic mass is 10.1. The van der Waals surface area contributed by atoms with Crippen LogP contribution in [0.5, 0.6) is 11.5 Å². The Balaban J connectivity index is 1.46. The number of aromatic nitrogens is 3. The number of carbonyl (C=O) groups excluding carboxylic acids is 2. The number of ether oxygens (including phenoxy) is 2. The normalized spacial score (nSPS) is 11.2. The van der Waals surface area contributed by atoms with Gasteiger partial charge in [0.25, 0.3) is 5.91 Å². The number of hydrogen-bond donors (Lipinski definition) is 1. The molecule has 9 nitrogen and oxygen atoms in total. The van der Waals surface area contributed by atoms with Crippen LogP contribution < -0.4 is 14.9 Å². The highest BCUT2D eigenvalue weighted by molar-refractivity contribution is 7.99. The van der Waals surface area contributed by atoms with Gasteiger partial charge in [0.05, 0.1) is 18.6 Å². The number of nitrogens with one attached hydrogen (secondary N) is 1. The summed E-state index contributed by atoms with van der Waals surface area (Å²) in [5, 5.41) is 13.5. The molecule has 1 N–H and O–H groups in total. The second-order valence-corrected chi connectivity index (χ2v) is 8.79. The summed E-state index contributed by atoms with van der Waals surface area (Å²) in [6, 6.07) is 24.2. The quantitative estimate of drug-likeness (QED) is 0.115. The molecule has 0 aliphatic rings. The molecular weight excluding hydrogens is 490 g/mol. The lowest BCUT2D eigenvalue weighted by Gasteiger charge is -2.10. The van der Waals surface area contributed by atoms with Crippen LogP contribution in [0.3, 0.4) is 0 Å². The van der Waals surface area contributed by atoms with E-state index >= 15 is 0 Å². The van der Waals surface area contributed by atoms with E-state index in [1.165, 1.54) is 18.7 Å². The number of esters is 1. The van der Waals surface area contributed by atoms with Gasteiger partial charge in [0.2, 0.25) is 0 Å². The van der Waals surface area contributed by atoms with E-state index in [0.29, 0.717) is 22.4 Å². The first-order valence-electron chi connectivity index (χ1n) is 11.3. The Morgan fingerprint density at radius 3 is 2.24 bits per heavy atom. The van der Waals surface area contributed by atoms with E-state index in [1.807, 2.05) is 59.2 Å². The first kappa shape index (κ1) is 25.6. The molecule has 0 fully saturated rings. The minimum atomic E-state index is -0.387. The van der Waals surface area contributed by atoms with Crippen molar-refractivity contribution in [2.75, 3.05) is 12.9 Å². The summed E-state index contributed by atoms with van der Waals surface area (Å²) in [4.78, 5) is 23.6.